The predicted molar refractivity (Wildman–Crippen MR) is 72.3 cm³/mol. The maximum Gasteiger partial charge on any atom is 0.244 e. The van der Waals surface area contributed by atoms with Crippen molar-refractivity contribution in [2.75, 3.05) is 11.9 Å². The Hall–Kier alpha value is -1.84. The highest BCUT2D eigenvalue weighted by atomic mass is 16.2. The third-order valence-electron chi connectivity index (χ3n) is 2.76. The highest BCUT2D eigenvalue weighted by Gasteiger charge is 2.16. The fraction of sp³-hybridized carbons (Fsp3) is 0.429. The summed E-state index contributed by atoms with van der Waals surface area (Å²) in [6, 6.07) is 7.58. The molecule has 18 heavy (non-hydrogen) atoms. The van der Waals surface area contributed by atoms with Crippen LogP contribution in [0.25, 0.3) is 0 Å². The second-order valence-corrected chi connectivity index (χ2v) is 4.60. The van der Waals surface area contributed by atoms with E-state index in [0.29, 0.717) is 0 Å². The average Bonchev–Trinajstić information content (AvgIpc) is 2.28. The number of benzene rings is 1. The van der Waals surface area contributed by atoms with E-state index in [9.17, 15) is 9.59 Å². The van der Waals surface area contributed by atoms with Crippen molar-refractivity contribution in [3.63, 3.8) is 0 Å². The van der Waals surface area contributed by atoms with Gasteiger partial charge in [-0.15, -0.1) is 0 Å². The van der Waals surface area contributed by atoms with Gasteiger partial charge in [0.25, 0.3) is 0 Å². The molecule has 0 atom stereocenters. The fourth-order valence-corrected chi connectivity index (χ4v) is 1.72. The second-order valence-electron chi connectivity index (χ2n) is 4.60. The zero-order chi connectivity index (χ0) is 13.7. The molecular weight excluding hydrogens is 228 g/mol. The molecule has 0 heterocycles. The number of carbonyl (C=O) groups is 2. The molecule has 0 aliphatic carbocycles. The van der Waals surface area contributed by atoms with E-state index in [2.05, 4.69) is 5.32 Å². The number of hydrogen-bond acceptors (Lipinski definition) is 2. The summed E-state index contributed by atoms with van der Waals surface area (Å²) in [6.45, 7) is 7.27. The molecule has 0 saturated heterocycles. The van der Waals surface area contributed by atoms with Crippen LogP contribution in [0.3, 0.4) is 0 Å². The molecule has 0 bridgehead atoms. The first-order valence-electron chi connectivity index (χ1n) is 6.04. The van der Waals surface area contributed by atoms with E-state index in [1.165, 1.54) is 11.8 Å². The SMILES string of the molecule is CC(=O)N(CC(=O)Nc1ccccc1C)C(C)C. The Kier molecular flexibility index (Phi) is 4.89. The van der Waals surface area contributed by atoms with Crippen LogP contribution in [-0.4, -0.2) is 29.3 Å². The van der Waals surface area contributed by atoms with Gasteiger partial charge in [-0.3, -0.25) is 9.59 Å². The summed E-state index contributed by atoms with van der Waals surface area (Å²) in [5.41, 5.74) is 1.79. The molecule has 0 aromatic heterocycles. The molecule has 4 nitrogen and oxygen atoms in total. The Labute approximate surface area is 108 Å². The lowest BCUT2D eigenvalue weighted by atomic mass is 10.2. The molecule has 0 aliphatic rings. The molecule has 1 N–H and O–H groups in total. The Morgan fingerprint density at radius 1 is 1.28 bits per heavy atom. The summed E-state index contributed by atoms with van der Waals surface area (Å²) in [6.07, 6.45) is 0. The lowest BCUT2D eigenvalue weighted by molar-refractivity contribution is -0.134. The van der Waals surface area contributed by atoms with Gasteiger partial charge in [0.2, 0.25) is 11.8 Å². The first kappa shape index (κ1) is 14.2. The summed E-state index contributed by atoms with van der Waals surface area (Å²) >= 11 is 0. The number of para-hydroxylation sites is 1. The van der Waals surface area contributed by atoms with Crippen LogP contribution >= 0.6 is 0 Å². The Balaban J connectivity index is 2.67. The van der Waals surface area contributed by atoms with E-state index in [1.54, 1.807) is 0 Å². The molecular formula is C14H20N2O2. The number of nitrogens with one attached hydrogen (secondary N) is 1. The summed E-state index contributed by atoms with van der Waals surface area (Å²) in [4.78, 5) is 24.8. The van der Waals surface area contributed by atoms with E-state index in [0.717, 1.165) is 11.3 Å². The highest BCUT2D eigenvalue weighted by molar-refractivity contribution is 5.94. The first-order valence-corrected chi connectivity index (χ1v) is 6.04. The highest BCUT2D eigenvalue weighted by Crippen LogP contribution is 2.13. The van der Waals surface area contributed by atoms with Crippen molar-refractivity contribution in [2.24, 2.45) is 0 Å². The Morgan fingerprint density at radius 3 is 2.39 bits per heavy atom. The molecule has 0 radical (unpaired) electrons. The zero-order valence-corrected chi connectivity index (χ0v) is 11.4. The Bertz CT molecular complexity index is 441. The molecule has 0 aliphatic heterocycles. The largest absolute Gasteiger partial charge is 0.331 e. The van der Waals surface area contributed by atoms with Gasteiger partial charge in [0.05, 0.1) is 0 Å². The van der Waals surface area contributed by atoms with Gasteiger partial charge in [-0.05, 0) is 32.4 Å². The topological polar surface area (TPSA) is 49.4 Å². The van der Waals surface area contributed by atoms with Crippen LogP contribution < -0.4 is 5.32 Å². The van der Waals surface area contributed by atoms with Gasteiger partial charge < -0.3 is 10.2 Å². The Morgan fingerprint density at radius 2 is 1.89 bits per heavy atom. The number of hydrogen-bond donors (Lipinski definition) is 1. The van der Waals surface area contributed by atoms with Gasteiger partial charge in [-0.25, -0.2) is 0 Å². The summed E-state index contributed by atoms with van der Waals surface area (Å²) in [7, 11) is 0. The predicted octanol–water partition coefficient (Wildman–Crippen LogP) is 2.19. The van der Waals surface area contributed by atoms with Crippen LogP contribution in [0, 0.1) is 6.92 Å². The zero-order valence-electron chi connectivity index (χ0n) is 11.4. The number of aryl methyl sites for hydroxylation is 1. The number of nitrogens with zero attached hydrogens (tertiary/aromatic N) is 1. The van der Waals surface area contributed by atoms with Gasteiger partial charge in [0, 0.05) is 18.7 Å². The van der Waals surface area contributed by atoms with Crippen molar-refractivity contribution < 1.29 is 9.59 Å². The lowest BCUT2D eigenvalue weighted by Crippen LogP contribution is -2.41. The molecule has 2 amide bonds. The summed E-state index contributed by atoms with van der Waals surface area (Å²) in [5.74, 6) is -0.266. The fourth-order valence-electron chi connectivity index (χ4n) is 1.72. The molecule has 98 valence electrons. The van der Waals surface area contributed by atoms with E-state index < -0.39 is 0 Å². The van der Waals surface area contributed by atoms with Crippen LogP contribution in [0.2, 0.25) is 0 Å². The lowest BCUT2D eigenvalue weighted by Gasteiger charge is -2.24. The minimum atomic E-state index is -0.173. The smallest absolute Gasteiger partial charge is 0.244 e. The molecule has 0 unspecified atom stereocenters. The quantitative estimate of drug-likeness (QED) is 0.888. The van der Waals surface area contributed by atoms with Crippen molar-refractivity contribution in [3.05, 3.63) is 29.8 Å². The van der Waals surface area contributed by atoms with Crippen molar-refractivity contribution >= 4 is 17.5 Å². The van der Waals surface area contributed by atoms with Crippen LogP contribution in [-0.2, 0) is 9.59 Å². The second kappa shape index (κ2) is 6.19. The van der Waals surface area contributed by atoms with Gasteiger partial charge >= 0.3 is 0 Å². The minimum Gasteiger partial charge on any atom is -0.331 e. The summed E-state index contributed by atoms with van der Waals surface area (Å²) in [5, 5.41) is 2.82. The van der Waals surface area contributed by atoms with Crippen molar-refractivity contribution in [3.8, 4) is 0 Å². The standard InChI is InChI=1S/C14H20N2O2/c1-10(2)16(12(4)17)9-14(18)15-13-8-6-5-7-11(13)3/h5-8,10H,9H2,1-4H3,(H,15,18). The molecule has 0 saturated carbocycles. The van der Waals surface area contributed by atoms with Gasteiger partial charge in [-0.2, -0.15) is 0 Å². The number of rotatable bonds is 4. The molecule has 4 heteroatoms. The normalized spacial score (nSPS) is 10.3. The number of carbonyl (C=O) groups excluding carboxylic acids is 2. The maximum absolute atomic E-state index is 11.9. The number of anilines is 1. The maximum atomic E-state index is 11.9. The van der Waals surface area contributed by atoms with Gasteiger partial charge in [-0.1, -0.05) is 18.2 Å². The van der Waals surface area contributed by atoms with E-state index >= 15 is 0 Å². The molecule has 1 aromatic carbocycles. The van der Waals surface area contributed by atoms with Crippen LogP contribution in [0.5, 0.6) is 0 Å². The van der Waals surface area contributed by atoms with Gasteiger partial charge in [0.1, 0.15) is 6.54 Å². The summed E-state index contributed by atoms with van der Waals surface area (Å²) < 4.78 is 0. The third-order valence-corrected chi connectivity index (χ3v) is 2.76. The van der Waals surface area contributed by atoms with Crippen molar-refractivity contribution in [1.82, 2.24) is 4.90 Å². The average molecular weight is 248 g/mol. The minimum absolute atomic E-state index is 0.0186. The monoisotopic (exact) mass is 248 g/mol. The molecule has 1 aromatic rings. The van der Waals surface area contributed by atoms with E-state index in [4.69, 9.17) is 0 Å². The van der Waals surface area contributed by atoms with Crippen LogP contribution in [0.1, 0.15) is 26.3 Å². The van der Waals surface area contributed by atoms with E-state index in [1.807, 2.05) is 45.0 Å². The van der Waals surface area contributed by atoms with E-state index in [-0.39, 0.29) is 24.4 Å². The molecule has 0 fully saturated rings. The van der Waals surface area contributed by atoms with Gasteiger partial charge in [0.15, 0.2) is 0 Å². The molecule has 1 rings (SSSR count). The van der Waals surface area contributed by atoms with Crippen LogP contribution in [0.15, 0.2) is 24.3 Å². The molecule has 0 spiro atoms. The first-order chi connectivity index (χ1) is 8.41. The van der Waals surface area contributed by atoms with Crippen molar-refractivity contribution in [1.29, 1.82) is 0 Å². The third kappa shape index (κ3) is 3.87. The number of amides is 2. The van der Waals surface area contributed by atoms with Crippen molar-refractivity contribution in [2.45, 2.75) is 33.7 Å². The van der Waals surface area contributed by atoms with Crippen LogP contribution in [0.4, 0.5) is 5.69 Å².